The lowest BCUT2D eigenvalue weighted by Gasteiger charge is -2.13. The molecular weight excluding hydrogens is 172 g/mol. The number of hydrogen-bond donors (Lipinski definition) is 4. The van der Waals surface area contributed by atoms with E-state index in [2.05, 4.69) is 9.68 Å². The molecule has 0 amide bonds. The minimum Gasteiger partial charge on any atom is -0.266 e. The van der Waals surface area contributed by atoms with Gasteiger partial charge in [0.2, 0.25) is 0 Å². The third kappa shape index (κ3) is 7.78. The number of hydrogen-bond acceptors (Lipinski definition) is 8. The molecule has 12 heavy (non-hydrogen) atoms. The van der Waals surface area contributed by atoms with Crippen LogP contribution in [0.4, 0.5) is 0 Å². The highest BCUT2D eigenvalue weighted by atomic mass is 17.1. The number of nitrogens with zero attached hydrogens (tertiary/aromatic N) is 2. The van der Waals surface area contributed by atoms with Gasteiger partial charge in [0.1, 0.15) is 0 Å². The Bertz CT molecular complexity index is 97.7. The molecule has 0 bridgehead atoms. The fourth-order valence-corrected chi connectivity index (χ4v) is 0.436. The van der Waals surface area contributed by atoms with Crippen LogP contribution >= 0.6 is 0 Å². The molecule has 74 valence electrons. The molecule has 0 atom stereocenters. The van der Waals surface area contributed by atoms with E-state index in [9.17, 15) is 0 Å². The summed E-state index contributed by atoms with van der Waals surface area (Å²) in [6.07, 6.45) is 0. The van der Waals surface area contributed by atoms with E-state index in [0.717, 1.165) is 0 Å². The molecule has 0 unspecified atom stereocenters. The fraction of sp³-hybridized carbons (Fsp3) is 1.00. The molecule has 0 aliphatic heterocycles. The van der Waals surface area contributed by atoms with Crippen LogP contribution in [0.1, 0.15) is 6.92 Å². The summed E-state index contributed by atoms with van der Waals surface area (Å²) < 4.78 is 0. The predicted molar refractivity (Wildman–Crippen MR) is 31.9 cm³/mol. The van der Waals surface area contributed by atoms with Crippen molar-refractivity contribution in [1.29, 1.82) is 0 Å². The van der Waals surface area contributed by atoms with Gasteiger partial charge in [0.25, 0.3) is 0 Å². The summed E-state index contributed by atoms with van der Waals surface area (Å²) in [5.41, 5.74) is 0. The van der Waals surface area contributed by atoms with Crippen molar-refractivity contribution in [3.63, 3.8) is 0 Å². The van der Waals surface area contributed by atoms with E-state index < -0.39 is 10.8 Å². The van der Waals surface area contributed by atoms with E-state index in [-0.39, 0.29) is 19.1 Å². The topological polar surface area (TPSA) is 106 Å². The van der Waals surface area contributed by atoms with Crippen LogP contribution in [0, 0.1) is 5.92 Å². The van der Waals surface area contributed by atoms with Gasteiger partial charge in [-0.25, -0.2) is 0 Å². The molecule has 0 spiro atoms. The molecule has 0 saturated heterocycles. The van der Waals surface area contributed by atoms with Gasteiger partial charge >= 0.3 is 0 Å². The van der Waals surface area contributed by atoms with Gasteiger partial charge in [-0.1, -0.05) is 6.92 Å². The largest absolute Gasteiger partial charge is 0.266 e. The van der Waals surface area contributed by atoms with E-state index in [1.165, 1.54) is 0 Å². The summed E-state index contributed by atoms with van der Waals surface area (Å²) in [4.78, 5) is 8.44. The first-order chi connectivity index (χ1) is 5.52. The van der Waals surface area contributed by atoms with Crippen molar-refractivity contribution in [2.24, 2.45) is 5.92 Å². The SMILES string of the molecule is CC(CON(O)O)CON(O)O. The fourth-order valence-electron chi connectivity index (χ4n) is 0.436. The van der Waals surface area contributed by atoms with Crippen LogP contribution in [0.15, 0.2) is 0 Å². The van der Waals surface area contributed by atoms with Gasteiger partial charge in [-0.2, -0.15) is 0 Å². The van der Waals surface area contributed by atoms with Crippen LogP contribution in [0.25, 0.3) is 0 Å². The third-order valence-corrected chi connectivity index (χ3v) is 0.949. The molecule has 0 fully saturated rings. The lowest BCUT2D eigenvalue weighted by Crippen LogP contribution is -2.24. The van der Waals surface area contributed by atoms with Crippen molar-refractivity contribution in [2.45, 2.75) is 6.92 Å². The Morgan fingerprint density at radius 1 is 1.00 bits per heavy atom. The molecule has 0 aromatic rings. The Labute approximate surface area is 68.5 Å². The van der Waals surface area contributed by atoms with Gasteiger partial charge in [-0.3, -0.25) is 30.5 Å². The Hall–Kier alpha value is -0.320. The van der Waals surface area contributed by atoms with Crippen LogP contribution in [0.3, 0.4) is 0 Å². The van der Waals surface area contributed by atoms with Gasteiger partial charge in [0.15, 0.2) is 0 Å². The molecule has 4 N–H and O–H groups in total. The molecular formula is C4H12N2O6. The van der Waals surface area contributed by atoms with E-state index >= 15 is 0 Å². The summed E-state index contributed by atoms with van der Waals surface area (Å²) in [6.45, 7) is 1.59. The summed E-state index contributed by atoms with van der Waals surface area (Å²) in [5.74, 6) is -0.228. The zero-order valence-electron chi connectivity index (χ0n) is 6.49. The minimum absolute atomic E-state index is 0.0269. The van der Waals surface area contributed by atoms with Gasteiger partial charge in [0, 0.05) is 5.92 Å². The van der Waals surface area contributed by atoms with Gasteiger partial charge in [-0.15, -0.1) is 0 Å². The van der Waals surface area contributed by atoms with E-state index in [4.69, 9.17) is 20.8 Å². The third-order valence-electron chi connectivity index (χ3n) is 0.949. The summed E-state index contributed by atoms with van der Waals surface area (Å²) in [5, 5.41) is 31.5. The maximum absolute atomic E-state index is 8.10. The van der Waals surface area contributed by atoms with Gasteiger partial charge < -0.3 is 0 Å². The normalized spacial score (nSPS) is 12.0. The smallest absolute Gasteiger partial charge is 0.0784 e. The first kappa shape index (κ1) is 11.7. The van der Waals surface area contributed by atoms with Crippen molar-refractivity contribution in [1.82, 2.24) is 10.8 Å². The second-order valence-corrected chi connectivity index (χ2v) is 2.20. The molecule has 0 aromatic heterocycles. The van der Waals surface area contributed by atoms with Crippen molar-refractivity contribution in [3.8, 4) is 0 Å². The first-order valence-corrected chi connectivity index (χ1v) is 3.14. The average molecular weight is 184 g/mol. The molecule has 0 aliphatic rings. The maximum Gasteiger partial charge on any atom is 0.0784 e. The summed E-state index contributed by atoms with van der Waals surface area (Å²) in [7, 11) is 0. The maximum atomic E-state index is 8.10. The van der Waals surface area contributed by atoms with Crippen LogP contribution in [0.2, 0.25) is 0 Å². The standard InChI is InChI=1S/C4H12N2O6/c1-4(2-11-5(7)8)3-12-6(9)10/h4,7-10H,2-3H2,1H3. The van der Waals surface area contributed by atoms with Crippen molar-refractivity contribution < 1.29 is 30.5 Å². The molecule has 0 saturated carbocycles. The minimum atomic E-state index is -0.424. The van der Waals surface area contributed by atoms with Crippen molar-refractivity contribution in [2.75, 3.05) is 13.2 Å². The quantitative estimate of drug-likeness (QED) is 0.415. The van der Waals surface area contributed by atoms with Crippen molar-refractivity contribution >= 4 is 0 Å². The van der Waals surface area contributed by atoms with E-state index in [1.807, 2.05) is 0 Å². The van der Waals surface area contributed by atoms with Crippen LogP contribution in [-0.2, 0) is 9.68 Å². The second-order valence-electron chi connectivity index (χ2n) is 2.20. The number of rotatable bonds is 6. The van der Waals surface area contributed by atoms with Crippen LogP contribution in [-0.4, -0.2) is 44.8 Å². The molecule has 0 heterocycles. The highest BCUT2D eigenvalue weighted by Gasteiger charge is 2.06. The zero-order chi connectivity index (χ0) is 9.56. The predicted octanol–water partition coefficient (Wildman–Crippen LogP) is -0.354. The van der Waals surface area contributed by atoms with Crippen molar-refractivity contribution in [3.05, 3.63) is 0 Å². The van der Waals surface area contributed by atoms with Crippen LogP contribution < -0.4 is 0 Å². The average Bonchev–Trinajstić information content (AvgIpc) is 1.96. The molecule has 8 heteroatoms. The second kappa shape index (κ2) is 6.22. The Kier molecular flexibility index (Phi) is 6.06. The highest BCUT2D eigenvalue weighted by Crippen LogP contribution is 1.97. The van der Waals surface area contributed by atoms with Gasteiger partial charge in [0.05, 0.1) is 24.0 Å². The summed E-state index contributed by atoms with van der Waals surface area (Å²) >= 11 is 0. The lowest BCUT2D eigenvalue weighted by molar-refractivity contribution is -0.504. The molecule has 8 nitrogen and oxygen atoms in total. The zero-order valence-corrected chi connectivity index (χ0v) is 6.49. The molecule has 0 aliphatic carbocycles. The monoisotopic (exact) mass is 184 g/mol. The van der Waals surface area contributed by atoms with E-state index in [1.54, 1.807) is 6.92 Å². The Morgan fingerprint density at radius 2 is 1.33 bits per heavy atom. The van der Waals surface area contributed by atoms with Gasteiger partial charge in [-0.05, 0) is 0 Å². The lowest BCUT2D eigenvalue weighted by atomic mass is 10.2. The van der Waals surface area contributed by atoms with Crippen LogP contribution in [0.5, 0.6) is 0 Å². The Balaban J connectivity index is 3.27. The first-order valence-electron chi connectivity index (χ1n) is 3.14. The molecule has 0 rings (SSSR count). The molecule has 0 aromatic carbocycles. The van der Waals surface area contributed by atoms with E-state index in [0.29, 0.717) is 0 Å². The summed E-state index contributed by atoms with van der Waals surface area (Å²) in [6, 6.07) is 0. The highest BCUT2D eigenvalue weighted by molar-refractivity contribution is 4.44. The Morgan fingerprint density at radius 3 is 1.58 bits per heavy atom. The molecule has 0 radical (unpaired) electrons.